The van der Waals surface area contributed by atoms with Gasteiger partial charge in [-0.3, -0.25) is 0 Å². The van der Waals surface area contributed by atoms with Crippen molar-refractivity contribution in [1.82, 2.24) is 0 Å². The number of hydrogen-bond acceptors (Lipinski definition) is 1. The topological polar surface area (TPSA) is 12.0 Å². The summed E-state index contributed by atoms with van der Waals surface area (Å²) in [5.41, 5.74) is 0.896. The molecule has 1 aliphatic rings. The molecule has 0 unspecified atom stereocenters. The summed E-state index contributed by atoms with van der Waals surface area (Å²) in [6, 6.07) is 5.77. The summed E-state index contributed by atoms with van der Waals surface area (Å²) >= 11 is 3.16. The first-order valence-corrected chi connectivity index (χ1v) is 6.76. The van der Waals surface area contributed by atoms with Crippen LogP contribution in [0.4, 0.5) is 10.1 Å². The van der Waals surface area contributed by atoms with Crippen molar-refractivity contribution in [2.75, 3.05) is 5.32 Å². The molecular formula is C13H17BrFN. The third-order valence-corrected chi connectivity index (χ3v) is 3.79. The maximum atomic E-state index is 13.3. The molecule has 0 atom stereocenters. The van der Waals surface area contributed by atoms with Crippen molar-refractivity contribution < 1.29 is 4.39 Å². The predicted molar refractivity (Wildman–Crippen MR) is 69.2 cm³/mol. The minimum atomic E-state index is -0.196. The minimum absolute atomic E-state index is 0.196. The number of nitrogens with one attached hydrogen (secondary N) is 1. The molecule has 1 aromatic carbocycles. The van der Waals surface area contributed by atoms with Crippen molar-refractivity contribution >= 4 is 21.6 Å². The van der Waals surface area contributed by atoms with Crippen LogP contribution in [0.1, 0.15) is 38.5 Å². The molecule has 1 nitrogen and oxygen atoms in total. The highest BCUT2D eigenvalue weighted by Crippen LogP contribution is 2.23. The Morgan fingerprint density at radius 2 is 1.81 bits per heavy atom. The van der Waals surface area contributed by atoms with Crippen molar-refractivity contribution in [1.29, 1.82) is 0 Å². The van der Waals surface area contributed by atoms with E-state index in [2.05, 4.69) is 21.2 Å². The van der Waals surface area contributed by atoms with Gasteiger partial charge in [-0.1, -0.05) is 25.7 Å². The van der Waals surface area contributed by atoms with E-state index in [0.29, 0.717) is 10.5 Å². The van der Waals surface area contributed by atoms with E-state index in [-0.39, 0.29) is 5.82 Å². The Balaban J connectivity index is 1.99. The molecule has 0 aliphatic heterocycles. The zero-order valence-corrected chi connectivity index (χ0v) is 10.9. The van der Waals surface area contributed by atoms with Gasteiger partial charge in [0.2, 0.25) is 0 Å². The monoisotopic (exact) mass is 285 g/mol. The summed E-state index contributed by atoms with van der Waals surface area (Å²) in [6.45, 7) is 0. The molecule has 0 aromatic heterocycles. The van der Waals surface area contributed by atoms with Crippen LogP contribution in [-0.4, -0.2) is 6.04 Å². The zero-order valence-electron chi connectivity index (χ0n) is 9.31. The van der Waals surface area contributed by atoms with E-state index in [4.69, 9.17) is 0 Å². The van der Waals surface area contributed by atoms with Crippen molar-refractivity contribution in [3.05, 3.63) is 28.5 Å². The molecule has 0 radical (unpaired) electrons. The van der Waals surface area contributed by atoms with Crippen LogP contribution in [0.3, 0.4) is 0 Å². The molecular weight excluding hydrogens is 269 g/mol. The first-order chi connectivity index (χ1) is 7.75. The average molecular weight is 286 g/mol. The van der Waals surface area contributed by atoms with Crippen molar-refractivity contribution in [2.45, 2.75) is 44.6 Å². The van der Waals surface area contributed by atoms with Gasteiger partial charge >= 0.3 is 0 Å². The number of anilines is 1. The molecule has 0 spiro atoms. The first kappa shape index (κ1) is 11.9. The van der Waals surface area contributed by atoms with Gasteiger partial charge in [0, 0.05) is 11.7 Å². The summed E-state index contributed by atoms with van der Waals surface area (Å²) in [5, 5.41) is 3.43. The van der Waals surface area contributed by atoms with Gasteiger partial charge in [-0.05, 0) is 47.0 Å². The van der Waals surface area contributed by atoms with Gasteiger partial charge in [-0.15, -0.1) is 0 Å². The summed E-state index contributed by atoms with van der Waals surface area (Å²) in [4.78, 5) is 0. The lowest BCUT2D eigenvalue weighted by Crippen LogP contribution is -2.18. The lowest BCUT2D eigenvalue weighted by molar-refractivity contribution is 0.610. The molecule has 1 fully saturated rings. The molecule has 3 heteroatoms. The van der Waals surface area contributed by atoms with Crippen LogP contribution in [0.25, 0.3) is 0 Å². The molecule has 88 valence electrons. The van der Waals surface area contributed by atoms with Crippen LogP contribution in [0, 0.1) is 5.82 Å². The Morgan fingerprint density at radius 1 is 1.12 bits per heavy atom. The van der Waals surface area contributed by atoms with Crippen LogP contribution in [-0.2, 0) is 0 Å². The molecule has 0 bridgehead atoms. The predicted octanol–water partition coefficient (Wildman–Crippen LogP) is 4.72. The molecule has 0 heterocycles. The third-order valence-electron chi connectivity index (χ3n) is 3.15. The van der Waals surface area contributed by atoms with Gasteiger partial charge in [-0.25, -0.2) is 4.39 Å². The summed E-state index contributed by atoms with van der Waals surface area (Å²) in [6.07, 6.45) is 7.67. The molecule has 16 heavy (non-hydrogen) atoms. The largest absolute Gasteiger partial charge is 0.382 e. The van der Waals surface area contributed by atoms with E-state index in [0.717, 1.165) is 5.69 Å². The average Bonchev–Trinajstić information content (AvgIpc) is 2.52. The summed E-state index contributed by atoms with van der Waals surface area (Å²) < 4.78 is 13.9. The standard InChI is InChI=1S/C13H17BrFN/c14-12-8-7-11(9-13(12)15)16-10-5-3-1-2-4-6-10/h7-10,16H,1-6H2. The van der Waals surface area contributed by atoms with Crippen LogP contribution in [0.2, 0.25) is 0 Å². The Bertz CT molecular complexity index is 346. The van der Waals surface area contributed by atoms with Crippen molar-refractivity contribution in [3.63, 3.8) is 0 Å². The van der Waals surface area contributed by atoms with E-state index < -0.39 is 0 Å². The van der Waals surface area contributed by atoms with Gasteiger partial charge in [0.05, 0.1) is 4.47 Å². The van der Waals surface area contributed by atoms with E-state index in [9.17, 15) is 4.39 Å². The minimum Gasteiger partial charge on any atom is -0.382 e. The third kappa shape index (κ3) is 3.21. The van der Waals surface area contributed by atoms with E-state index in [1.807, 2.05) is 6.07 Å². The number of rotatable bonds is 2. The second-order valence-corrected chi connectivity index (χ2v) is 5.32. The maximum Gasteiger partial charge on any atom is 0.139 e. The fourth-order valence-electron chi connectivity index (χ4n) is 2.25. The first-order valence-electron chi connectivity index (χ1n) is 5.97. The fraction of sp³-hybridized carbons (Fsp3) is 0.538. The van der Waals surface area contributed by atoms with Gasteiger partial charge in [-0.2, -0.15) is 0 Å². The Morgan fingerprint density at radius 3 is 2.44 bits per heavy atom. The number of benzene rings is 1. The molecule has 2 rings (SSSR count). The highest BCUT2D eigenvalue weighted by Gasteiger charge is 2.12. The normalized spacial score (nSPS) is 18.1. The van der Waals surface area contributed by atoms with Crippen LogP contribution in [0.15, 0.2) is 22.7 Å². The van der Waals surface area contributed by atoms with Crippen LogP contribution < -0.4 is 5.32 Å². The fourth-order valence-corrected chi connectivity index (χ4v) is 2.49. The van der Waals surface area contributed by atoms with E-state index in [1.54, 1.807) is 12.1 Å². The van der Waals surface area contributed by atoms with Gasteiger partial charge < -0.3 is 5.32 Å². The Hall–Kier alpha value is -0.570. The summed E-state index contributed by atoms with van der Waals surface area (Å²) in [7, 11) is 0. The van der Waals surface area contributed by atoms with Crippen molar-refractivity contribution in [3.8, 4) is 0 Å². The molecule has 0 saturated heterocycles. The quantitative estimate of drug-likeness (QED) is 0.775. The SMILES string of the molecule is Fc1cc(NC2CCCCCC2)ccc1Br. The van der Waals surface area contributed by atoms with Gasteiger partial charge in [0.15, 0.2) is 0 Å². The summed E-state index contributed by atoms with van der Waals surface area (Å²) in [5.74, 6) is -0.196. The number of hydrogen-bond donors (Lipinski definition) is 1. The second kappa shape index (κ2) is 5.67. The highest BCUT2D eigenvalue weighted by molar-refractivity contribution is 9.10. The van der Waals surface area contributed by atoms with Crippen molar-refractivity contribution in [2.24, 2.45) is 0 Å². The van der Waals surface area contributed by atoms with Gasteiger partial charge in [0.25, 0.3) is 0 Å². The lowest BCUT2D eigenvalue weighted by atomic mass is 10.1. The Kier molecular flexibility index (Phi) is 4.22. The molecule has 1 N–H and O–H groups in total. The number of halogens is 2. The van der Waals surface area contributed by atoms with Gasteiger partial charge in [0.1, 0.15) is 5.82 Å². The van der Waals surface area contributed by atoms with E-state index in [1.165, 1.54) is 38.5 Å². The Labute approximate surface area is 105 Å². The molecule has 1 saturated carbocycles. The molecule has 0 amide bonds. The molecule has 1 aromatic rings. The molecule has 1 aliphatic carbocycles. The highest BCUT2D eigenvalue weighted by atomic mass is 79.9. The van der Waals surface area contributed by atoms with Crippen LogP contribution in [0.5, 0.6) is 0 Å². The smallest absolute Gasteiger partial charge is 0.139 e. The zero-order chi connectivity index (χ0) is 11.4. The van der Waals surface area contributed by atoms with Crippen LogP contribution >= 0.6 is 15.9 Å². The lowest BCUT2D eigenvalue weighted by Gasteiger charge is -2.17. The second-order valence-electron chi connectivity index (χ2n) is 4.46. The maximum absolute atomic E-state index is 13.3. The van der Waals surface area contributed by atoms with E-state index >= 15 is 0 Å².